The molecule has 51 heavy (non-hydrogen) atoms. The van der Waals surface area contributed by atoms with Gasteiger partial charge in [-0.25, -0.2) is 0 Å². The van der Waals surface area contributed by atoms with Gasteiger partial charge in [0.25, 0.3) is 0 Å². The Morgan fingerprint density at radius 1 is 0.745 bits per heavy atom. The lowest BCUT2D eigenvalue weighted by Crippen LogP contribution is -2.37. The van der Waals surface area contributed by atoms with Gasteiger partial charge in [-0.15, -0.1) is 11.8 Å². The standard InChI is InChI=1S/C44H45NO5S/c1-7-43(8-2)40-37(25-32(47-4)26-38(40)48-5)39-34-18-17-33(51-6)27-36(34)42-35(41(39)43)19-20-44(50-42,29-11-15-31(46-3)16-12-29)28-9-13-30(14-10-28)45-21-23-49-24-22-45/h9-20,25-27H,7-8,21-24H2,1-6H3. The largest absolute Gasteiger partial charge is 0.497 e. The molecule has 262 valence electrons. The van der Waals surface area contributed by atoms with Gasteiger partial charge in [-0.3, -0.25) is 0 Å². The molecule has 8 rings (SSSR count). The van der Waals surface area contributed by atoms with Crippen LogP contribution in [0.3, 0.4) is 0 Å². The molecule has 1 atom stereocenters. The van der Waals surface area contributed by atoms with E-state index >= 15 is 0 Å². The van der Waals surface area contributed by atoms with Crippen LogP contribution in [0, 0.1) is 0 Å². The smallest absolute Gasteiger partial charge is 0.178 e. The molecule has 1 saturated heterocycles. The molecular formula is C44H45NO5S. The zero-order valence-electron chi connectivity index (χ0n) is 30.3. The summed E-state index contributed by atoms with van der Waals surface area (Å²) < 4.78 is 30.9. The van der Waals surface area contributed by atoms with E-state index in [-0.39, 0.29) is 5.41 Å². The molecule has 0 saturated carbocycles. The number of rotatable bonds is 9. The SMILES string of the molecule is CCC1(CC)c2c(OC)cc(OC)cc2-c2c1c1c(c3cc(SC)ccc23)OC(c2ccc(OC)cc2)(c2ccc(N3CCOCC3)cc2)C=C1. The Balaban J connectivity index is 1.41. The van der Waals surface area contributed by atoms with Crippen molar-refractivity contribution in [1.82, 2.24) is 0 Å². The molecule has 0 spiro atoms. The fraction of sp³-hybridized carbons (Fsp3) is 0.318. The number of hydrogen-bond donors (Lipinski definition) is 0. The normalized spacial score (nSPS) is 18.5. The summed E-state index contributed by atoms with van der Waals surface area (Å²) in [5.74, 6) is 3.36. The van der Waals surface area contributed by atoms with Gasteiger partial charge in [0.2, 0.25) is 0 Å². The van der Waals surface area contributed by atoms with E-state index in [2.05, 4.69) is 97.8 Å². The van der Waals surface area contributed by atoms with Crippen LogP contribution in [0.4, 0.5) is 5.69 Å². The Hall–Kier alpha value is -4.59. The van der Waals surface area contributed by atoms with E-state index in [1.54, 1.807) is 33.1 Å². The van der Waals surface area contributed by atoms with Crippen molar-refractivity contribution in [3.63, 3.8) is 0 Å². The number of thioether (sulfide) groups is 1. The van der Waals surface area contributed by atoms with Crippen molar-refractivity contribution in [2.45, 2.75) is 42.6 Å². The Bertz CT molecular complexity index is 2130. The van der Waals surface area contributed by atoms with Crippen LogP contribution in [0.2, 0.25) is 0 Å². The van der Waals surface area contributed by atoms with E-state index in [9.17, 15) is 0 Å². The predicted molar refractivity (Wildman–Crippen MR) is 209 cm³/mol. The molecule has 7 heteroatoms. The maximum atomic E-state index is 7.64. The van der Waals surface area contributed by atoms with Gasteiger partial charge >= 0.3 is 0 Å². The lowest BCUT2D eigenvalue weighted by Gasteiger charge is -2.39. The van der Waals surface area contributed by atoms with E-state index in [0.717, 1.165) is 84.2 Å². The predicted octanol–water partition coefficient (Wildman–Crippen LogP) is 9.86. The fourth-order valence-corrected chi connectivity index (χ4v) is 9.16. The van der Waals surface area contributed by atoms with Gasteiger partial charge < -0.3 is 28.6 Å². The summed E-state index contributed by atoms with van der Waals surface area (Å²) >= 11 is 1.74. The van der Waals surface area contributed by atoms with Crippen LogP contribution >= 0.6 is 11.8 Å². The van der Waals surface area contributed by atoms with Crippen molar-refractivity contribution >= 4 is 34.3 Å². The number of morpholine rings is 1. The number of benzene rings is 5. The molecule has 5 aromatic carbocycles. The zero-order valence-corrected chi connectivity index (χ0v) is 31.1. The lowest BCUT2D eigenvalue weighted by molar-refractivity contribution is 0.122. The first-order valence-electron chi connectivity index (χ1n) is 17.9. The molecule has 0 N–H and O–H groups in total. The molecule has 5 aromatic rings. The van der Waals surface area contributed by atoms with Crippen molar-refractivity contribution in [1.29, 1.82) is 0 Å². The Morgan fingerprint density at radius 2 is 1.43 bits per heavy atom. The Kier molecular flexibility index (Phi) is 8.67. The number of nitrogens with zero attached hydrogens (tertiary/aromatic N) is 1. The molecule has 2 heterocycles. The summed E-state index contributed by atoms with van der Waals surface area (Å²) in [6, 6.07) is 28.2. The van der Waals surface area contributed by atoms with Crippen LogP contribution in [0.25, 0.3) is 28.0 Å². The van der Waals surface area contributed by atoms with Crippen LogP contribution in [0.1, 0.15) is 54.5 Å². The summed E-state index contributed by atoms with van der Waals surface area (Å²) in [7, 11) is 5.19. The van der Waals surface area contributed by atoms with Gasteiger partial charge in [0.15, 0.2) is 5.60 Å². The van der Waals surface area contributed by atoms with Crippen LogP contribution in [-0.2, 0) is 15.8 Å². The zero-order chi connectivity index (χ0) is 35.3. The van der Waals surface area contributed by atoms with E-state index in [1.807, 2.05) is 18.2 Å². The van der Waals surface area contributed by atoms with Crippen molar-refractivity contribution in [3.05, 3.63) is 113 Å². The number of ether oxygens (including phenoxy) is 5. The molecule has 0 radical (unpaired) electrons. The summed E-state index contributed by atoms with van der Waals surface area (Å²) in [6.45, 7) is 7.86. The maximum Gasteiger partial charge on any atom is 0.178 e. The van der Waals surface area contributed by atoms with Gasteiger partial charge in [-0.05, 0) is 89.7 Å². The minimum absolute atomic E-state index is 0.285. The minimum Gasteiger partial charge on any atom is -0.497 e. The van der Waals surface area contributed by atoms with Crippen LogP contribution < -0.4 is 23.8 Å². The van der Waals surface area contributed by atoms with Crippen molar-refractivity contribution in [3.8, 4) is 34.1 Å². The first-order chi connectivity index (χ1) is 24.9. The molecule has 1 aliphatic carbocycles. The fourth-order valence-electron chi connectivity index (χ4n) is 8.72. The van der Waals surface area contributed by atoms with Gasteiger partial charge in [0.05, 0.1) is 34.5 Å². The first kappa shape index (κ1) is 33.5. The molecule has 0 bridgehead atoms. The summed E-state index contributed by atoms with van der Waals surface area (Å²) in [5, 5.41) is 2.27. The quantitative estimate of drug-likeness (QED) is 0.142. The van der Waals surface area contributed by atoms with Crippen molar-refractivity contribution in [2.75, 3.05) is 58.8 Å². The van der Waals surface area contributed by atoms with Gasteiger partial charge in [0, 0.05) is 62.8 Å². The molecule has 6 nitrogen and oxygen atoms in total. The second-order valence-corrected chi connectivity index (χ2v) is 14.4. The Labute approximate surface area is 305 Å². The second kappa shape index (κ2) is 13.2. The summed E-state index contributed by atoms with van der Waals surface area (Å²) in [5.41, 5.74) is 8.20. The number of methoxy groups -OCH3 is 3. The molecule has 0 amide bonds. The molecule has 1 unspecified atom stereocenters. The van der Waals surface area contributed by atoms with Gasteiger partial charge in [-0.1, -0.05) is 50.3 Å². The lowest BCUT2D eigenvalue weighted by atomic mass is 9.70. The van der Waals surface area contributed by atoms with E-state index in [0.29, 0.717) is 0 Å². The monoisotopic (exact) mass is 699 g/mol. The topological polar surface area (TPSA) is 49.4 Å². The van der Waals surface area contributed by atoms with E-state index < -0.39 is 5.60 Å². The van der Waals surface area contributed by atoms with Crippen molar-refractivity contribution in [2.24, 2.45) is 0 Å². The second-order valence-electron chi connectivity index (χ2n) is 13.5. The highest BCUT2D eigenvalue weighted by Gasteiger charge is 2.48. The molecule has 3 aliphatic rings. The third kappa shape index (κ3) is 5.11. The average molecular weight is 700 g/mol. The highest BCUT2D eigenvalue weighted by Crippen LogP contribution is 2.63. The number of anilines is 1. The number of hydrogen-bond acceptors (Lipinski definition) is 7. The van der Waals surface area contributed by atoms with Gasteiger partial charge in [-0.2, -0.15) is 0 Å². The average Bonchev–Trinajstić information content (AvgIpc) is 3.51. The van der Waals surface area contributed by atoms with E-state index in [4.69, 9.17) is 23.7 Å². The molecule has 1 fully saturated rings. The summed E-state index contributed by atoms with van der Waals surface area (Å²) in [4.78, 5) is 3.57. The third-order valence-corrected chi connectivity index (χ3v) is 12.1. The molecular weight excluding hydrogens is 655 g/mol. The molecule has 2 aliphatic heterocycles. The third-order valence-electron chi connectivity index (χ3n) is 11.4. The maximum absolute atomic E-state index is 7.64. The Morgan fingerprint density at radius 3 is 2.06 bits per heavy atom. The van der Waals surface area contributed by atoms with Crippen LogP contribution in [-0.4, -0.2) is 53.9 Å². The van der Waals surface area contributed by atoms with Crippen LogP contribution in [0.15, 0.2) is 89.8 Å². The summed E-state index contributed by atoms with van der Waals surface area (Å²) in [6.07, 6.45) is 8.55. The highest BCUT2D eigenvalue weighted by atomic mass is 32.2. The number of fused-ring (bicyclic) bond motifs is 8. The minimum atomic E-state index is -0.882. The first-order valence-corrected chi connectivity index (χ1v) is 19.1. The van der Waals surface area contributed by atoms with Crippen molar-refractivity contribution < 1.29 is 23.7 Å². The highest BCUT2D eigenvalue weighted by molar-refractivity contribution is 7.98. The van der Waals surface area contributed by atoms with E-state index in [1.165, 1.54) is 38.2 Å². The molecule has 0 aromatic heterocycles. The van der Waals surface area contributed by atoms with Gasteiger partial charge in [0.1, 0.15) is 23.0 Å². The van der Waals surface area contributed by atoms with Crippen LogP contribution in [0.5, 0.6) is 23.0 Å².